The van der Waals surface area contributed by atoms with Crippen LogP contribution in [0.25, 0.3) is 10.2 Å². The second-order valence-electron chi connectivity index (χ2n) is 9.16. The van der Waals surface area contributed by atoms with Gasteiger partial charge in [-0.2, -0.15) is 4.31 Å². The zero-order chi connectivity index (χ0) is 24.5. The second kappa shape index (κ2) is 10.1. The summed E-state index contributed by atoms with van der Waals surface area (Å²) in [6, 6.07) is 12.3. The third-order valence-corrected chi connectivity index (χ3v) is 9.38. The summed E-state index contributed by atoms with van der Waals surface area (Å²) in [7, 11) is 0.351. The number of fused-ring (bicyclic) bond motifs is 1. The van der Waals surface area contributed by atoms with Gasteiger partial charge in [-0.15, -0.1) is 0 Å². The fourth-order valence-electron chi connectivity index (χ4n) is 4.26. The molecular weight excluding hydrogens is 468 g/mol. The fraction of sp³-hybridized carbons (Fsp3) is 0.440. The van der Waals surface area contributed by atoms with E-state index in [1.807, 2.05) is 51.0 Å². The predicted octanol–water partition coefficient (Wildman–Crippen LogP) is 4.38. The van der Waals surface area contributed by atoms with Crippen LogP contribution in [0.15, 0.2) is 47.4 Å². The van der Waals surface area contributed by atoms with Crippen molar-refractivity contribution < 1.29 is 13.2 Å². The molecule has 1 unspecified atom stereocenters. The van der Waals surface area contributed by atoms with Gasteiger partial charge in [-0.25, -0.2) is 13.4 Å². The van der Waals surface area contributed by atoms with Crippen LogP contribution in [0, 0.1) is 6.92 Å². The highest BCUT2D eigenvalue weighted by molar-refractivity contribution is 7.89. The van der Waals surface area contributed by atoms with E-state index in [1.165, 1.54) is 11.3 Å². The molecule has 0 spiro atoms. The lowest BCUT2D eigenvalue weighted by Crippen LogP contribution is -2.41. The number of aryl methyl sites for hydroxylation is 1. The van der Waals surface area contributed by atoms with Crippen LogP contribution in [0.1, 0.15) is 42.1 Å². The molecule has 0 saturated carbocycles. The number of rotatable bonds is 7. The van der Waals surface area contributed by atoms with Crippen molar-refractivity contribution in [2.75, 3.05) is 38.6 Å². The van der Waals surface area contributed by atoms with Crippen LogP contribution >= 0.6 is 11.3 Å². The number of amides is 1. The Kier molecular flexibility index (Phi) is 7.37. The van der Waals surface area contributed by atoms with E-state index in [0.29, 0.717) is 30.3 Å². The number of benzene rings is 2. The number of piperidine rings is 1. The summed E-state index contributed by atoms with van der Waals surface area (Å²) in [5.41, 5.74) is 2.42. The summed E-state index contributed by atoms with van der Waals surface area (Å²) in [6.07, 6.45) is 2.80. The number of carbonyl (C=O) groups excluding carboxylic acids is 1. The lowest BCUT2D eigenvalue weighted by molar-refractivity contribution is 0.0985. The molecule has 3 aromatic rings. The fourth-order valence-corrected chi connectivity index (χ4v) is 7.03. The van der Waals surface area contributed by atoms with Gasteiger partial charge in [-0.05, 0) is 76.7 Å². The van der Waals surface area contributed by atoms with Crippen molar-refractivity contribution in [3.8, 4) is 0 Å². The molecule has 1 fully saturated rings. The highest BCUT2D eigenvalue weighted by Crippen LogP contribution is 2.32. The zero-order valence-electron chi connectivity index (χ0n) is 20.2. The normalized spacial score (nSPS) is 17.4. The highest BCUT2D eigenvalue weighted by Gasteiger charge is 2.31. The predicted molar refractivity (Wildman–Crippen MR) is 138 cm³/mol. The third-order valence-electron chi connectivity index (χ3n) is 6.31. The summed E-state index contributed by atoms with van der Waals surface area (Å²) >= 11 is 1.49. The summed E-state index contributed by atoms with van der Waals surface area (Å²) < 4.78 is 28.9. The molecule has 0 bridgehead atoms. The molecular formula is C25H32N4O3S2. The lowest BCUT2D eigenvalue weighted by Gasteiger charge is -2.32. The molecule has 7 nitrogen and oxygen atoms in total. The van der Waals surface area contributed by atoms with Crippen LogP contribution in [0.3, 0.4) is 0 Å². The largest absolute Gasteiger partial charge is 0.308 e. The average Bonchev–Trinajstić information content (AvgIpc) is 3.24. The van der Waals surface area contributed by atoms with E-state index < -0.39 is 10.0 Å². The number of hydrogen-bond acceptors (Lipinski definition) is 6. The van der Waals surface area contributed by atoms with Crippen molar-refractivity contribution in [1.82, 2.24) is 14.2 Å². The van der Waals surface area contributed by atoms with Gasteiger partial charge in [-0.1, -0.05) is 29.9 Å². The Bertz CT molecular complexity index is 1270. The number of para-hydroxylation sites is 1. The van der Waals surface area contributed by atoms with Crippen LogP contribution < -0.4 is 4.90 Å². The Balaban J connectivity index is 1.63. The average molecular weight is 501 g/mol. The van der Waals surface area contributed by atoms with E-state index in [9.17, 15) is 13.2 Å². The molecule has 0 radical (unpaired) electrons. The van der Waals surface area contributed by atoms with Crippen LogP contribution in [-0.4, -0.2) is 68.3 Å². The Morgan fingerprint density at radius 3 is 2.50 bits per heavy atom. The standard InChI is InChI=1S/C25H32N4O3S2/c1-18-8-7-10-22-23(18)26-25(33-22)28(17-16-27(3)4)24(30)20-11-13-21(14-12-20)34(31,32)29-15-6-5-9-19(29)2/h7-8,10-14,19H,5-6,9,15-17H2,1-4H3. The molecule has 1 aromatic heterocycles. The molecule has 1 amide bonds. The first kappa shape index (κ1) is 24.8. The van der Waals surface area contributed by atoms with Gasteiger partial charge in [0.2, 0.25) is 10.0 Å². The van der Waals surface area contributed by atoms with Gasteiger partial charge >= 0.3 is 0 Å². The van der Waals surface area contributed by atoms with Gasteiger partial charge in [0.1, 0.15) is 0 Å². The Morgan fingerprint density at radius 2 is 1.85 bits per heavy atom. The number of nitrogens with zero attached hydrogens (tertiary/aromatic N) is 4. The summed E-state index contributed by atoms with van der Waals surface area (Å²) in [5, 5.41) is 0.648. The van der Waals surface area contributed by atoms with Gasteiger partial charge < -0.3 is 4.90 Å². The van der Waals surface area contributed by atoms with Gasteiger partial charge in [0.05, 0.1) is 15.1 Å². The Hall–Kier alpha value is -2.33. The van der Waals surface area contributed by atoms with Crippen LogP contribution in [0.4, 0.5) is 5.13 Å². The Labute approximate surface area is 206 Å². The number of thiazole rings is 1. The first-order chi connectivity index (χ1) is 16.2. The molecule has 0 aliphatic carbocycles. The maximum atomic E-state index is 13.5. The Morgan fingerprint density at radius 1 is 1.12 bits per heavy atom. The van der Waals surface area contributed by atoms with Crippen molar-refractivity contribution in [1.29, 1.82) is 0 Å². The molecule has 4 rings (SSSR count). The molecule has 1 aliphatic rings. The number of carbonyl (C=O) groups is 1. The number of anilines is 1. The van der Waals surface area contributed by atoms with Gasteiger partial charge in [0.25, 0.3) is 5.91 Å². The number of hydrogen-bond donors (Lipinski definition) is 0. The van der Waals surface area contributed by atoms with E-state index >= 15 is 0 Å². The zero-order valence-corrected chi connectivity index (χ0v) is 21.8. The highest BCUT2D eigenvalue weighted by atomic mass is 32.2. The smallest absolute Gasteiger partial charge is 0.260 e. The van der Waals surface area contributed by atoms with Crippen molar-refractivity contribution in [2.24, 2.45) is 0 Å². The van der Waals surface area contributed by atoms with Crippen LogP contribution in [0.5, 0.6) is 0 Å². The van der Waals surface area contributed by atoms with Crippen molar-refractivity contribution in [2.45, 2.75) is 44.0 Å². The molecule has 2 heterocycles. The van der Waals surface area contributed by atoms with E-state index in [2.05, 4.69) is 0 Å². The third kappa shape index (κ3) is 5.02. The van der Waals surface area contributed by atoms with Crippen LogP contribution in [-0.2, 0) is 10.0 Å². The molecule has 34 heavy (non-hydrogen) atoms. The summed E-state index contributed by atoms with van der Waals surface area (Å²) in [6.45, 7) is 5.67. The van der Waals surface area contributed by atoms with Crippen LogP contribution in [0.2, 0.25) is 0 Å². The molecule has 2 aromatic carbocycles. The van der Waals surface area contributed by atoms with Crippen molar-refractivity contribution in [3.05, 3.63) is 53.6 Å². The molecule has 1 atom stereocenters. The first-order valence-electron chi connectivity index (χ1n) is 11.6. The van der Waals surface area contributed by atoms with Gasteiger partial charge in [0.15, 0.2) is 5.13 Å². The minimum atomic E-state index is -3.58. The molecule has 0 N–H and O–H groups in total. The quantitative estimate of drug-likeness (QED) is 0.481. The second-order valence-corrected chi connectivity index (χ2v) is 12.1. The first-order valence-corrected chi connectivity index (χ1v) is 13.9. The summed E-state index contributed by atoms with van der Waals surface area (Å²) in [4.78, 5) is 22.3. The minimum absolute atomic E-state index is 0.0101. The molecule has 182 valence electrons. The van der Waals surface area contributed by atoms with E-state index in [-0.39, 0.29) is 16.8 Å². The van der Waals surface area contributed by atoms with E-state index in [0.717, 1.165) is 35.0 Å². The molecule has 1 aliphatic heterocycles. The number of likely N-dealkylation sites (N-methyl/N-ethyl adjacent to an activating group) is 1. The number of sulfonamides is 1. The molecule has 1 saturated heterocycles. The maximum absolute atomic E-state index is 13.5. The molecule has 9 heteroatoms. The van der Waals surface area contributed by atoms with Crippen molar-refractivity contribution >= 4 is 42.6 Å². The number of aromatic nitrogens is 1. The minimum Gasteiger partial charge on any atom is -0.308 e. The van der Waals surface area contributed by atoms with Gasteiger partial charge in [-0.3, -0.25) is 9.69 Å². The van der Waals surface area contributed by atoms with E-state index in [4.69, 9.17) is 4.98 Å². The SMILES string of the molecule is Cc1cccc2sc(N(CCN(C)C)C(=O)c3ccc(S(=O)(=O)N4CCCCC4C)cc3)nc12. The van der Waals surface area contributed by atoms with E-state index in [1.54, 1.807) is 33.5 Å². The monoisotopic (exact) mass is 500 g/mol. The van der Waals surface area contributed by atoms with Crippen molar-refractivity contribution in [3.63, 3.8) is 0 Å². The lowest BCUT2D eigenvalue weighted by atomic mass is 10.1. The topological polar surface area (TPSA) is 73.8 Å². The summed E-state index contributed by atoms with van der Waals surface area (Å²) in [5.74, 6) is -0.186. The maximum Gasteiger partial charge on any atom is 0.260 e. The van der Waals surface area contributed by atoms with Gasteiger partial charge in [0, 0.05) is 31.2 Å².